The Morgan fingerprint density at radius 2 is 1.63 bits per heavy atom. The molecule has 0 saturated heterocycles. The van der Waals surface area contributed by atoms with Crippen molar-refractivity contribution in [3.05, 3.63) is 101 Å². The number of nitrogens with zero attached hydrogens (tertiary/aromatic N) is 3. The van der Waals surface area contributed by atoms with Crippen molar-refractivity contribution in [2.45, 2.75) is 70.8 Å². The zero-order chi connectivity index (χ0) is 31.0. The number of hydrogen-bond donors (Lipinski definition) is 3. The van der Waals surface area contributed by atoms with Crippen molar-refractivity contribution in [3.8, 4) is 17.1 Å². The van der Waals surface area contributed by atoms with Crippen LogP contribution in [0.2, 0.25) is 0 Å². The number of carbonyl (C=O) groups is 3. The maximum absolute atomic E-state index is 12.4. The number of pyridine rings is 1. The molecular weight excluding hydrogens is 540 g/mol. The van der Waals surface area contributed by atoms with Crippen LogP contribution in [-0.4, -0.2) is 38.5 Å². The van der Waals surface area contributed by atoms with Gasteiger partial charge in [0.25, 0.3) is 0 Å². The molecule has 43 heavy (non-hydrogen) atoms. The highest BCUT2D eigenvalue weighted by atomic mass is 16.2. The minimum Gasteiger partial charge on any atom is -0.366 e. The Hall–Kier alpha value is -4.63. The first-order valence-electron chi connectivity index (χ1n) is 14.6. The van der Waals surface area contributed by atoms with Crippen LogP contribution in [0.1, 0.15) is 73.6 Å². The molecule has 0 aliphatic carbocycles. The van der Waals surface area contributed by atoms with Crippen LogP contribution < -0.4 is 16.8 Å². The topological polar surface area (TPSA) is 146 Å². The summed E-state index contributed by atoms with van der Waals surface area (Å²) in [5, 5.41) is 7.29. The summed E-state index contributed by atoms with van der Waals surface area (Å²) < 4.78 is 1.98. The van der Waals surface area contributed by atoms with Crippen molar-refractivity contribution in [1.29, 1.82) is 0 Å². The minimum atomic E-state index is -0.880. The average Bonchev–Trinajstić information content (AvgIpc) is 3.41. The van der Waals surface area contributed by atoms with Gasteiger partial charge >= 0.3 is 0 Å². The van der Waals surface area contributed by atoms with Gasteiger partial charge in [0.05, 0.1) is 17.4 Å². The number of nitrogens with two attached hydrogens (primary N) is 2. The van der Waals surface area contributed by atoms with Crippen LogP contribution in [0.15, 0.2) is 79.0 Å². The summed E-state index contributed by atoms with van der Waals surface area (Å²) in [4.78, 5) is 40.5. The SMILES string of the molecule is CC(C)(C)c1ccc(-n2nc(-c3ccccn3)cc2CCCCCC(=O)NC(=O)[C@@H](N)Cc2ccc(C(N)=O)cc2)cc1. The lowest BCUT2D eigenvalue weighted by Gasteiger charge is -2.19. The molecule has 2 aromatic heterocycles. The number of imide groups is 1. The molecule has 0 fully saturated rings. The summed E-state index contributed by atoms with van der Waals surface area (Å²) in [6.45, 7) is 6.58. The number of unbranched alkanes of at least 4 members (excludes halogenated alkanes) is 2. The fraction of sp³-hybridized carbons (Fsp3) is 0.324. The first-order valence-corrected chi connectivity index (χ1v) is 14.6. The van der Waals surface area contributed by atoms with Crippen molar-refractivity contribution < 1.29 is 14.4 Å². The molecule has 1 atom stereocenters. The van der Waals surface area contributed by atoms with Crippen molar-refractivity contribution in [2.24, 2.45) is 11.5 Å². The number of primary amides is 1. The maximum Gasteiger partial charge on any atom is 0.248 e. The van der Waals surface area contributed by atoms with E-state index in [1.54, 1.807) is 30.5 Å². The number of aromatic nitrogens is 3. The monoisotopic (exact) mass is 580 g/mol. The summed E-state index contributed by atoms with van der Waals surface area (Å²) in [6.07, 6.45) is 5.33. The van der Waals surface area contributed by atoms with Gasteiger partial charge in [-0.05, 0) is 84.7 Å². The largest absolute Gasteiger partial charge is 0.366 e. The fourth-order valence-electron chi connectivity index (χ4n) is 4.78. The smallest absolute Gasteiger partial charge is 0.248 e. The first kappa shape index (κ1) is 31.3. The molecule has 4 aromatic rings. The lowest BCUT2D eigenvalue weighted by Crippen LogP contribution is -2.44. The van der Waals surface area contributed by atoms with Gasteiger partial charge in [-0.2, -0.15) is 5.10 Å². The predicted molar refractivity (Wildman–Crippen MR) is 167 cm³/mol. The second-order valence-corrected chi connectivity index (χ2v) is 11.8. The number of aryl methyl sites for hydroxylation is 1. The van der Waals surface area contributed by atoms with Crippen LogP contribution in [0.3, 0.4) is 0 Å². The number of hydrogen-bond acceptors (Lipinski definition) is 6. The molecule has 4 rings (SSSR count). The maximum atomic E-state index is 12.4. The molecule has 0 radical (unpaired) electrons. The van der Waals surface area contributed by atoms with E-state index in [1.165, 1.54) is 5.56 Å². The van der Waals surface area contributed by atoms with Gasteiger partial charge in [-0.3, -0.25) is 24.7 Å². The minimum absolute atomic E-state index is 0.0617. The normalized spacial score (nSPS) is 12.1. The van der Waals surface area contributed by atoms with Gasteiger partial charge in [0.15, 0.2) is 0 Å². The molecule has 0 aliphatic rings. The molecule has 9 heteroatoms. The highest BCUT2D eigenvalue weighted by Gasteiger charge is 2.18. The quantitative estimate of drug-likeness (QED) is 0.208. The standard InChI is InChI=1S/C34H40N6O3/c1-34(2,3)25-16-18-26(19-17-25)40-27(22-30(39-40)29-10-7-8-20-37-29)9-5-4-6-11-31(41)38-33(43)28(35)21-23-12-14-24(15-13-23)32(36)42/h7-8,10,12-20,22,28H,4-6,9,11,21,35H2,1-3H3,(H2,36,42)(H,38,41,43)/t28-/m0/s1. The summed E-state index contributed by atoms with van der Waals surface area (Å²) in [6, 6.07) is 22.0. The van der Waals surface area contributed by atoms with Crippen LogP contribution in [0.25, 0.3) is 17.1 Å². The Balaban J connectivity index is 1.29. The van der Waals surface area contributed by atoms with E-state index in [2.05, 4.69) is 61.4 Å². The van der Waals surface area contributed by atoms with E-state index in [-0.39, 0.29) is 24.2 Å². The lowest BCUT2D eigenvalue weighted by molar-refractivity contribution is -0.131. The van der Waals surface area contributed by atoms with E-state index in [9.17, 15) is 14.4 Å². The van der Waals surface area contributed by atoms with Gasteiger partial charge in [0.1, 0.15) is 5.69 Å². The molecule has 2 heterocycles. The Kier molecular flexibility index (Phi) is 10.2. The number of carbonyl (C=O) groups excluding carboxylic acids is 3. The fourth-order valence-corrected chi connectivity index (χ4v) is 4.78. The van der Waals surface area contributed by atoms with E-state index in [0.717, 1.165) is 47.6 Å². The van der Waals surface area contributed by atoms with E-state index in [4.69, 9.17) is 16.6 Å². The molecule has 2 aromatic carbocycles. The van der Waals surface area contributed by atoms with Gasteiger partial charge < -0.3 is 11.5 Å². The van der Waals surface area contributed by atoms with E-state index >= 15 is 0 Å². The van der Waals surface area contributed by atoms with E-state index in [0.29, 0.717) is 12.0 Å². The molecule has 224 valence electrons. The molecule has 0 spiro atoms. The summed E-state index contributed by atoms with van der Waals surface area (Å²) in [7, 11) is 0. The Bertz CT molecular complexity index is 1540. The molecule has 0 aliphatic heterocycles. The van der Waals surface area contributed by atoms with Crippen LogP contribution >= 0.6 is 0 Å². The second kappa shape index (κ2) is 14.0. The van der Waals surface area contributed by atoms with Crippen LogP contribution in [0, 0.1) is 0 Å². The predicted octanol–water partition coefficient (Wildman–Crippen LogP) is 4.65. The molecule has 0 unspecified atom stereocenters. The number of nitrogens with one attached hydrogen (secondary N) is 1. The molecule has 3 amide bonds. The Morgan fingerprint density at radius 3 is 2.26 bits per heavy atom. The average molecular weight is 581 g/mol. The van der Waals surface area contributed by atoms with E-state index < -0.39 is 17.9 Å². The van der Waals surface area contributed by atoms with E-state index in [1.807, 2.05) is 22.9 Å². The van der Waals surface area contributed by atoms with Crippen LogP contribution in [0.4, 0.5) is 0 Å². The number of benzene rings is 2. The summed E-state index contributed by atoms with van der Waals surface area (Å²) in [5.41, 5.74) is 17.4. The zero-order valence-corrected chi connectivity index (χ0v) is 25.0. The van der Waals surface area contributed by atoms with Crippen molar-refractivity contribution in [1.82, 2.24) is 20.1 Å². The van der Waals surface area contributed by atoms with Gasteiger partial charge in [-0.1, -0.05) is 57.5 Å². The first-order chi connectivity index (χ1) is 20.5. The van der Waals surface area contributed by atoms with Crippen molar-refractivity contribution in [3.63, 3.8) is 0 Å². The number of amides is 3. The third-order valence-corrected chi connectivity index (χ3v) is 7.32. The van der Waals surface area contributed by atoms with Crippen molar-refractivity contribution in [2.75, 3.05) is 0 Å². The van der Waals surface area contributed by atoms with Gasteiger partial charge in [-0.25, -0.2) is 4.68 Å². The van der Waals surface area contributed by atoms with Crippen molar-refractivity contribution >= 4 is 17.7 Å². The second-order valence-electron chi connectivity index (χ2n) is 11.8. The molecule has 0 bridgehead atoms. The molecule has 5 N–H and O–H groups in total. The summed E-state index contributed by atoms with van der Waals surface area (Å²) >= 11 is 0. The molecule has 0 saturated carbocycles. The van der Waals surface area contributed by atoms with Crippen LogP contribution in [0.5, 0.6) is 0 Å². The van der Waals surface area contributed by atoms with Gasteiger partial charge in [0, 0.05) is 23.9 Å². The summed E-state index contributed by atoms with van der Waals surface area (Å²) in [5.74, 6) is -1.39. The number of rotatable bonds is 12. The van der Waals surface area contributed by atoms with Gasteiger partial charge in [0.2, 0.25) is 17.7 Å². The highest BCUT2D eigenvalue weighted by molar-refractivity contribution is 5.97. The molecule has 9 nitrogen and oxygen atoms in total. The molecular formula is C34H40N6O3. The van der Waals surface area contributed by atoms with Gasteiger partial charge in [-0.15, -0.1) is 0 Å². The third-order valence-electron chi connectivity index (χ3n) is 7.32. The van der Waals surface area contributed by atoms with Crippen LogP contribution in [-0.2, 0) is 27.8 Å². The highest BCUT2D eigenvalue weighted by Crippen LogP contribution is 2.26. The Morgan fingerprint density at radius 1 is 0.907 bits per heavy atom. The third kappa shape index (κ3) is 8.68. The Labute approximate surface area is 252 Å². The lowest BCUT2D eigenvalue weighted by atomic mass is 9.87. The zero-order valence-electron chi connectivity index (χ0n) is 25.0.